The van der Waals surface area contributed by atoms with Gasteiger partial charge in [-0.05, 0) is 64.2 Å². The lowest BCUT2D eigenvalue weighted by Gasteiger charge is -2.24. The van der Waals surface area contributed by atoms with E-state index < -0.39 is 18.2 Å². The van der Waals surface area contributed by atoms with Gasteiger partial charge in [-0.15, -0.1) is 0 Å². The number of hydrogen-bond donors (Lipinski definition) is 3. The molecule has 0 aliphatic carbocycles. The molecule has 310 valence electrons. The van der Waals surface area contributed by atoms with Crippen molar-refractivity contribution in [2.75, 3.05) is 6.61 Å². The number of aliphatic hydroxyl groups is 2. The number of nitrogens with one attached hydrogen (secondary N) is 1. The van der Waals surface area contributed by atoms with Gasteiger partial charge in [-0.25, -0.2) is 0 Å². The summed E-state index contributed by atoms with van der Waals surface area (Å²) in [7, 11) is 0. The number of unbranched alkanes of at least 4 members (excludes halogenated alkanes) is 18. The molecular weight excluding hydrogens is 671 g/mol. The zero-order chi connectivity index (χ0) is 39.6. The Hall–Kier alpha value is -2.70. The van der Waals surface area contributed by atoms with Crippen molar-refractivity contribution in [3.05, 3.63) is 72.9 Å². The molecule has 1 amide bonds. The molecule has 6 nitrogen and oxygen atoms in total. The van der Waals surface area contributed by atoms with Gasteiger partial charge in [0.2, 0.25) is 5.91 Å². The molecule has 0 heterocycles. The van der Waals surface area contributed by atoms with Crippen LogP contribution in [0.25, 0.3) is 0 Å². The molecule has 3 atom stereocenters. The Morgan fingerprint density at radius 1 is 0.556 bits per heavy atom. The van der Waals surface area contributed by atoms with E-state index >= 15 is 0 Å². The molecule has 3 N–H and O–H groups in total. The van der Waals surface area contributed by atoms with Crippen LogP contribution in [-0.4, -0.2) is 46.9 Å². The van der Waals surface area contributed by atoms with Gasteiger partial charge < -0.3 is 20.3 Å². The van der Waals surface area contributed by atoms with Crippen LogP contribution in [0.4, 0.5) is 0 Å². The minimum absolute atomic E-state index is 0.0457. The third-order valence-corrected chi connectivity index (χ3v) is 9.65. The summed E-state index contributed by atoms with van der Waals surface area (Å²) < 4.78 is 5.86. The average Bonchev–Trinajstić information content (AvgIpc) is 3.16. The molecule has 0 aromatic heterocycles. The third-order valence-electron chi connectivity index (χ3n) is 9.65. The molecule has 0 saturated carbocycles. The largest absolute Gasteiger partial charge is 0.462 e. The Morgan fingerprint density at radius 2 is 1.04 bits per heavy atom. The number of esters is 1. The van der Waals surface area contributed by atoms with Gasteiger partial charge in [-0.2, -0.15) is 0 Å². The average molecular weight is 754 g/mol. The first kappa shape index (κ1) is 51.3. The molecule has 6 heteroatoms. The summed E-state index contributed by atoms with van der Waals surface area (Å²) in [6, 6.07) is -0.715. The maximum absolute atomic E-state index is 13.1. The molecule has 0 radical (unpaired) electrons. The quantitative estimate of drug-likeness (QED) is 0.0252. The van der Waals surface area contributed by atoms with Crippen LogP contribution >= 0.6 is 0 Å². The summed E-state index contributed by atoms with van der Waals surface area (Å²) in [5.41, 5.74) is 0. The van der Waals surface area contributed by atoms with Gasteiger partial charge in [0.25, 0.3) is 0 Å². The van der Waals surface area contributed by atoms with Gasteiger partial charge in [0.1, 0.15) is 6.10 Å². The van der Waals surface area contributed by atoms with Gasteiger partial charge in [-0.1, -0.05) is 190 Å². The van der Waals surface area contributed by atoms with Gasteiger partial charge in [0.05, 0.1) is 25.2 Å². The van der Waals surface area contributed by atoms with E-state index in [1.807, 2.05) is 42.5 Å². The first-order valence-corrected chi connectivity index (χ1v) is 22.2. The molecule has 0 aliphatic heterocycles. The number of carbonyl (C=O) groups excluding carboxylic acids is 2. The normalized spacial score (nSPS) is 14.1. The zero-order valence-electron chi connectivity index (χ0n) is 35.1. The molecule has 3 unspecified atom stereocenters. The fraction of sp³-hybridized carbons (Fsp3) is 0.708. The highest BCUT2D eigenvalue weighted by Gasteiger charge is 2.24. The first-order chi connectivity index (χ1) is 26.5. The van der Waals surface area contributed by atoms with E-state index in [0.29, 0.717) is 19.3 Å². The highest BCUT2D eigenvalue weighted by Crippen LogP contribution is 2.16. The fourth-order valence-electron chi connectivity index (χ4n) is 6.25. The minimum Gasteiger partial charge on any atom is -0.462 e. The Bertz CT molecular complexity index is 1030. The van der Waals surface area contributed by atoms with Crippen molar-refractivity contribution in [1.82, 2.24) is 5.32 Å². The van der Waals surface area contributed by atoms with Crippen molar-refractivity contribution in [3.63, 3.8) is 0 Å². The van der Waals surface area contributed by atoms with Crippen LogP contribution in [0.5, 0.6) is 0 Å². The molecule has 0 aliphatic rings. The number of rotatable bonds is 38. The van der Waals surface area contributed by atoms with Crippen LogP contribution in [0.3, 0.4) is 0 Å². The van der Waals surface area contributed by atoms with Crippen LogP contribution in [-0.2, 0) is 14.3 Å². The molecule has 0 aromatic carbocycles. The fourth-order valence-corrected chi connectivity index (χ4v) is 6.25. The topological polar surface area (TPSA) is 95.9 Å². The predicted octanol–water partition coefficient (Wildman–Crippen LogP) is 12.7. The zero-order valence-corrected chi connectivity index (χ0v) is 35.1. The van der Waals surface area contributed by atoms with Crippen molar-refractivity contribution in [3.8, 4) is 0 Å². The van der Waals surface area contributed by atoms with Gasteiger partial charge in [0, 0.05) is 6.42 Å². The van der Waals surface area contributed by atoms with Crippen LogP contribution in [0, 0.1) is 0 Å². The molecule has 0 aromatic rings. The maximum Gasteiger partial charge on any atom is 0.306 e. The van der Waals surface area contributed by atoms with E-state index in [1.54, 1.807) is 0 Å². The van der Waals surface area contributed by atoms with E-state index in [-0.39, 0.29) is 24.9 Å². The standard InChI is InChI=1S/C48H83NO5/c1-4-7-10-13-16-19-21-22-23-24-26-29-32-35-38-41-48(53)54-44(39-36-33-30-27-18-15-12-9-6-3)42-47(52)49-45(43-50)46(51)40-37-34-31-28-25-20-17-14-11-8-5-2/h7,10,13,15-16,18-19,21-24,26,44-46,50-51H,4-6,8-9,11-12,14,17,20,25,27-43H2,1-3H3,(H,49,52)/b10-7+,16-13+,18-15-,21-19-,23-22-,26-24+. The highest BCUT2D eigenvalue weighted by molar-refractivity contribution is 5.77. The lowest BCUT2D eigenvalue weighted by atomic mass is 10.0. The van der Waals surface area contributed by atoms with Crippen LogP contribution < -0.4 is 5.32 Å². The summed E-state index contributed by atoms with van der Waals surface area (Å²) in [5.74, 6) is -0.549. The van der Waals surface area contributed by atoms with E-state index in [0.717, 1.165) is 83.5 Å². The molecule has 54 heavy (non-hydrogen) atoms. The third kappa shape index (κ3) is 36.3. The summed E-state index contributed by atoms with van der Waals surface area (Å²) in [5, 5.41) is 23.6. The summed E-state index contributed by atoms with van der Waals surface area (Å²) in [6.07, 6.45) is 51.0. The number of allylic oxidation sites excluding steroid dienone is 12. The first-order valence-electron chi connectivity index (χ1n) is 22.2. The highest BCUT2D eigenvalue weighted by atomic mass is 16.5. The molecule has 0 spiro atoms. The lowest BCUT2D eigenvalue weighted by Crippen LogP contribution is -2.46. The Balaban J connectivity index is 4.65. The maximum atomic E-state index is 13.1. The van der Waals surface area contributed by atoms with Crippen molar-refractivity contribution >= 4 is 11.9 Å². The van der Waals surface area contributed by atoms with Crippen molar-refractivity contribution in [2.45, 2.75) is 212 Å². The second kappa shape index (κ2) is 41.5. The van der Waals surface area contributed by atoms with E-state index in [4.69, 9.17) is 4.74 Å². The monoisotopic (exact) mass is 754 g/mol. The van der Waals surface area contributed by atoms with Crippen molar-refractivity contribution in [1.29, 1.82) is 0 Å². The Labute approximate surface area is 332 Å². The van der Waals surface area contributed by atoms with Crippen LogP contribution in [0.1, 0.15) is 194 Å². The molecule has 0 fully saturated rings. The van der Waals surface area contributed by atoms with Gasteiger partial charge >= 0.3 is 5.97 Å². The number of hydrogen-bond acceptors (Lipinski definition) is 5. The number of carbonyl (C=O) groups is 2. The number of aliphatic hydroxyl groups excluding tert-OH is 2. The molecular formula is C48H83NO5. The van der Waals surface area contributed by atoms with Gasteiger partial charge in [0.15, 0.2) is 0 Å². The van der Waals surface area contributed by atoms with Gasteiger partial charge in [-0.3, -0.25) is 9.59 Å². The minimum atomic E-state index is -0.799. The molecule has 0 rings (SSSR count). The van der Waals surface area contributed by atoms with Crippen molar-refractivity contribution < 1.29 is 24.5 Å². The van der Waals surface area contributed by atoms with E-state index in [1.165, 1.54) is 64.2 Å². The van der Waals surface area contributed by atoms with Crippen LogP contribution in [0.15, 0.2) is 72.9 Å². The summed E-state index contributed by atoms with van der Waals surface area (Å²) in [6.45, 7) is 6.25. The molecule has 0 bridgehead atoms. The smallest absolute Gasteiger partial charge is 0.306 e. The number of ether oxygens (including phenoxy) is 1. The lowest BCUT2D eigenvalue weighted by molar-refractivity contribution is -0.151. The second-order valence-corrected chi connectivity index (χ2v) is 14.8. The summed E-state index contributed by atoms with van der Waals surface area (Å²) >= 11 is 0. The second-order valence-electron chi connectivity index (χ2n) is 14.8. The SMILES string of the molecule is CC/C=C/C=C/C=C\C=C/C=C/CCCCCC(=O)OC(CCCCC/C=C\CCCC)CC(=O)NC(CO)C(O)CCCCCCCCCCCCC. The Morgan fingerprint density at radius 3 is 1.63 bits per heavy atom. The van der Waals surface area contributed by atoms with E-state index in [2.05, 4.69) is 56.5 Å². The predicted molar refractivity (Wildman–Crippen MR) is 231 cm³/mol. The van der Waals surface area contributed by atoms with E-state index in [9.17, 15) is 19.8 Å². The molecule has 0 saturated heterocycles. The summed E-state index contributed by atoms with van der Waals surface area (Å²) in [4.78, 5) is 25.9. The van der Waals surface area contributed by atoms with Crippen molar-refractivity contribution in [2.24, 2.45) is 0 Å². The number of amides is 1. The van der Waals surface area contributed by atoms with Crippen LogP contribution in [0.2, 0.25) is 0 Å². The Kier molecular flexibility index (Phi) is 39.4.